The van der Waals surface area contributed by atoms with Gasteiger partial charge in [-0.1, -0.05) is 6.92 Å². The quantitative estimate of drug-likeness (QED) is 0.848. The number of aromatic nitrogens is 1. The molecule has 1 aliphatic rings. The molecule has 0 radical (unpaired) electrons. The Hall–Kier alpha value is -2.61. The Kier molecular flexibility index (Phi) is 4.89. The highest BCUT2D eigenvalue weighted by Gasteiger charge is 2.19. The number of carboxylic acids is 1. The van der Waals surface area contributed by atoms with Gasteiger partial charge in [0.25, 0.3) is 0 Å². The van der Waals surface area contributed by atoms with Crippen molar-refractivity contribution < 1.29 is 24.2 Å². The van der Waals surface area contributed by atoms with Crippen LogP contribution in [0.4, 0.5) is 0 Å². The normalized spacial score (nSPS) is 13.5. The summed E-state index contributed by atoms with van der Waals surface area (Å²) in [6.07, 6.45) is 0.143. The van der Waals surface area contributed by atoms with E-state index in [0.29, 0.717) is 17.2 Å². The number of aliphatic carboxylic acids is 1. The molecule has 1 amide bonds. The van der Waals surface area contributed by atoms with Crippen molar-refractivity contribution in [3.63, 3.8) is 0 Å². The molecule has 25 heavy (non-hydrogen) atoms. The maximum Gasteiger partial charge on any atom is 0.308 e. The summed E-state index contributed by atoms with van der Waals surface area (Å²) in [6.45, 7) is 1.97. The van der Waals surface area contributed by atoms with E-state index in [1.54, 1.807) is 14.0 Å². The van der Waals surface area contributed by atoms with Crippen LogP contribution in [-0.4, -0.2) is 47.3 Å². The summed E-state index contributed by atoms with van der Waals surface area (Å²) < 4.78 is 10.7. The van der Waals surface area contributed by atoms with E-state index in [9.17, 15) is 9.59 Å². The summed E-state index contributed by atoms with van der Waals surface area (Å²) in [5, 5.41) is 11.6. The highest BCUT2D eigenvalue weighted by Crippen LogP contribution is 2.36. The van der Waals surface area contributed by atoms with Gasteiger partial charge in [-0.3, -0.25) is 9.59 Å². The molecule has 0 aliphatic carbocycles. The summed E-state index contributed by atoms with van der Waals surface area (Å²) in [6, 6.07) is 5.61. The molecule has 2 heterocycles. The molecule has 1 N–H and O–H groups in total. The third kappa shape index (κ3) is 3.90. The van der Waals surface area contributed by atoms with Gasteiger partial charge in [0, 0.05) is 24.5 Å². The molecule has 0 fully saturated rings. The van der Waals surface area contributed by atoms with Crippen LogP contribution in [0.15, 0.2) is 23.6 Å². The molecule has 8 heteroatoms. The second-order valence-corrected chi connectivity index (χ2v) is 6.76. The Morgan fingerprint density at radius 3 is 2.88 bits per heavy atom. The minimum absolute atomic E-state index is 0.143. The summed E-state index contributed by atoms with van der Waals surface area (Å²) in [5.41, 5.74) is 1.57. The van der Waals surface area contributed by atoms with Gasteiger partial charge >= 0.3 is 5.97 Å². The van der Waals surface area contributed by atoms with Crippen molar-refractivity contribution in [3.8, 4) is 22.1 Å². The zero-order chi connectivity index (χ0) is 18.0. The van der Waals surface area contributed by atoms with Crippen molar-refractivity contribution in [1.82, 2.24) is 9.88 Å². The van der Waals surface area contributed by atoms with Gasteiger partial charge in [0.1, 0.15) is 5.01 Å². The first kappa shape index (κ1) is 17.2. The highest BCUT2D eigenvalue weighted by molar-refractivity contribution is 7.13. The van der Waals surface area contributed by atoms with Crippen LogP contribution in [0.3, 0.4) is 0 Å². The maximum atomic E-state index is 12.2. The van der Waals surface area contributed by atoms with Crippen LogP contribution < -0.4 is 9.47 Å². The summed E-state index contributed by atoms with van der Waals surface area (Å²) in [5.74, 6) is -0.278. The van der Waals surface area contributed by atoms with Crippen LogP contribution in [0.2, 0.25) is 0 Å². The van der Waals surface area contributed by atoms with Crippen LogP contribution in [0.5, 0.6) is 11.5 Å². The molecule has 2 aromatic rings. The lowest BCUT2D eigenvalue weighted by Gasteiger charge is -2.18. The number of likely N-dealkylation sites (N-methyl/N-ethyl adjacent to an activating group) is 1. The Bertz CT molecular complexity index is 804. The second-order valence-electron chi connectivity index (χ2n) is 5.90. The van der Waals surface area contributed by atoms with Crippen LogP contribution in [0.1, 0.15) is 12.6 Å². The zero-order valence-corrected chi connectivity index (χ0v) is 14.7. The van der Waals surface area contributed by atoms with Crippen molar-refractivity contribution >= 4 is 23.2 Å². The first-order valence-corrected chi connectivity index (χ1v) is 8.63. The van der Waals surface area contributed by atoms with Crippen LogP contribution >= 0.6 is 11.3 Å². The molecular formula is C17H18N2O5S. The van der Waals surface area contributed by atoms with Gasteiger partial charge in [-0.15, -0.1) is 11.3 Å². The molecule has 1 atom stereocenters. The maximum absolute atomic E-state index is 12.2. The third-order valence-electron chi connectivity index (χ3n) is 3.90. The Morgan fingerprint density at radius 1 is 1.36 bits per heavy atom. The van der Waals surface area contributed by atoms with Crippen molar-refractivity contribution in [3.05, 3.63) is 29.3 Å². The minimum Gasteiger partial charge on any atom is -0.481 e. The fourth-order valence-electron chi connectivity index (χ4n) is 2.43. The summed E-state index contributed by atoms with van der Waals surface area (Å²) >= 11 is 1.45. The van der Waals surface area contributed by atoms with Gasteiger partial charge in [-0.05, 0) is 18.2 Å². The number of nitrogens with zero attached hydrogens (tertiary/aromatic N) is 2. The summed E-state index contributed by atoms with van der Waals surface area (Å²) in [7, 11) is 1.60. The zero-order valence-electron chi connectivity index (χ0n) is 13.9. The third-order valence-corrected chi connectivity index (χ3v) is 4.84. The van der Waals surface area contributed by atoms with E-state index in [1.165, 1.54) is 16.2 Å². The number of hydrogen-bond donors (Lipinski definition) is 1. The van der Waals surface area contributed by atoms with Gasteiger partial charge in [0.05, 0.1) is 18.0 Å². The van der Waals surface area contributed by atoms with Crippen LogP contribution in [-0.2, 0) is 16.0 Å². The number of rotatable bonds is 6. The van der Waals surface area contributed by atoms with Gasteiger partial charge in [-0.25, -0.2) is 4.98 Å². The Balaban J connectivity index is 1.65. The Labute approximate surface area is 148 Å². The monoisotopic (exact) mass is 362 g/mol. The lowest BCUT2D eigenvalue weighted by Crippen LogP contribution is -2.34. The van der Waals surface area contributed by atoms with E-state index in [4.69, 9.17) is 14.6 Å². The lowest BCUT2D eigenvalue weighted by molar-refractivity contribution is -0.142. The number of ether oxygens (including phenoxy) is 2. The van der Waals surface area contributed by atoms with Crippen molar-refractivity contribution in [1.29, 1.82) is 0 Å². The molecular weight excluding hydrogens is 344 g/mol. The first-order chi connectivity index (χ1) is 11.9. The average Bonchev–Trinajstić information content (AvgIpc) is 3.22. The van der Waals surface area contributed by atoms with E-state index in [1.807, 2.05) is 23.6 Å². The topological polar surface area (TPSA) is 89.0 Å². The number of hydrogen-bond acceptors (Lipinski definition) is 6. The fourth-order valence-corrected chi connectivity index (χ4v) is 3.25. The fraction of sp³-hybridized carbons (Fsp3) is 0.353. The number of benzene rings is 1. The number of fused-ring (bicyclic) bond motifs is 1. The largest absolute Gasteiger partial charge is 0.481 e. The number of amides is 1. The van der Waals surface area contributed by atoms with E-state index in [2.05, 4.69) is 4.98 Å². The average molecular weight is 362 g/mol. The van der Waals surface area contributed by atoms with Gasteiger partial charge in [0.15, 0.2) is 11.5 Å². The van der Waals surface area contributed by atoms with Crippen molar-refractivity contribution in [2.45, 2.75) is 13.3 Å². The van der Waals surface area contributed by atoms with E-state index >= 15 is 0 Å². The van der Waals surface area contributed by atoms with Gasteiger partial charge in [0.2, 0.25) is 12.7 Å². The molecule has 1 aromatic carbocycles. The smallest absolute Gasteiger partial charge is 0.308 e. The number of carbonyl (C=O) groups excluding carboxylic acids is 1. The second kappa shape index (κ2) is 7.10. The standard InChI is InChI=1S/C17H18N2O5S/c1-10(17(21)22)7-19(2)15(20)6-12-8-25-16(18-12)11-3-4-13-14(5-11)24-9-23-13/h3-5,8,10H,6-7,9H2,1-2H3,(H,21,22). The summed E-state index contributed by atoms with van der Waals surface area (Å²) in [4.78, 5) is 29.0. The Morgan fingerprint density at radius 2 is 2.12 bits per heavy atom. The van der Waals surface area contributed by atoms with Gasteiger partial charge < -0.3 is 19.5 Å². The van der Waals surface area contributed by atoms with Crippen LogP contribution in [0, 0.1) is 5.92 Å². The molecule has 0 bridgehead atoms. The molecule has 1 aliphatic heterocycles. The molecule has 3 rings (SSSR count). The molecule has 1 aromatic heterocycles. The highest BCUT2D eigenvalue weighted by atomic mass is 32.1. The van der Waals surface area contributed by atoms with E-state index in [0.717, 1.165) is 10.6 Å². The van der Waals surface area contributed by atoms with Gasteiger partial charge in [-0.2, -0.15) is 0 Å². The minimum atomic E-state index is -0.918. The predicted molar refractivity (Wildman–Crippen MR) is 91.8 cm³/mol. The first-order valence-electron chi connectivity index (χ1n) is 7.75. The lowest BCUT2D eigenvalue weighted by atomic mass is 10.1. The molecule has 0 saturated carbocycles. The molecule has 132 valence electrons. The predicted octanol–water partition coefficient (Wildman–Crippen LogP) is 2.26. The number of carbonyl (C=O) groups is 2. The van der Waals surface area contributed by atoms with E-state index in [-0.39, 0.29) is 25.7 Å². The molecule has 1 unspecified atom stereocenters. The molecule has 7 nitrogen and oxygen atoms in total. The SMILES string of the molecule is CC(CN(C)C(=O)Cc1csc(-c2ccc3c(c2)OCO3)n1)C(=O)O. The van der Waals surface area contributed by atoms with Crippen molar-refractivity contribution in [2.24, 2.45) is 5.92 Å². The van der Waals surface area contributed by atoms with Crippen molar-refractivity contribution in [2.75, 3.05) is 20.4 Å². The number of carboxylic acid groups (broad SMARTS) is 1. The molecule has 0 spiro atoms. The van der Waals surface area contributed by atoms with Crippen LogP contribution in [0.25, 0.3) is 10.6 Å². The molecule has 0 saturated heterocycles. The number of thiazole rings is 1. The van der Waals surface area contributed by atoms with E-state index < -0.39 is 11.9 Å².